The molecule has 19 heavy (non-hydrogen) atoms. The summed E-state index contributed by atoms with van der Waals surface area (Å²) >= 11 is 3.57. The molecule has 1 aromatic carbocycles. The van der Waals surface area contributed by atoms with Crippen molar-refractivity contribution in [3.8, 4) is 0 Å². The van der Waals surface area contributed by atoms with E-state index in [2.05, 4.69) is 41.1 Å². The van der Waals surface area contributed by atoms with Crippen molar-refractivity contribution >= 4 is 15.9 Å². The van der Waals surface area contributed by atoms with Gasteiger partial charge in [0.2, 0.25) is 0 Å². The number of benzene rings is 1. The molecular weight excluding hydrogens is 302 g/mol. The molecule has 0 amide bonds. The zero-order valence-electron chi connectivity index (χ0n) is 11.5. The lowest BCUT2D eigenvalue weighted by Gasteiger charge is -2.48. The van der Waals surface area contributed by atoms with Gasteiger partial charge in [-0.15, -0.1) is 0 Å². The van der Waals surface area contributed by atoms with Crippen molar-refractivity contribution in [1.82, 2.24) is 0 Å². The molecule has 3 heteroatoms. The van der Waals surface area contributed by atoms with Crippen LogP contribution < -0.4 is 5.73 Å². The van der Waals surface area contributed by atoms with Gasteiger partial charge in [0, 0.05) is 17.1 Å². The van der Waals surface area contributed by atoms with Crippen molar-refractivity contribution in [2.24, 2.45) is 11.7 Å². The topological polar surface area (TPSA) is 35.2 Å². The molecule has 2 aliphatic rings. The first kappa shape index (κ1) is 13.6. The molecular formula is C16H22BrNO. The number of hydrogen-bond acceptors (Lipinski definition) is 2. The molecule has 0 bridgehead atoms. The summed E-state index contributed by atoms with van der Waals surface area (Å²) in [6.07, 6.45) is 6.01. The van der Waals surface area contributed by atoms with E-state index in [0.717, 1.165) is 23.9 Å². The Morgan fingerprint density at radius 3 is 2.79 bits per heavy atom. The molecule has 1 heterocycles. The minimum absolute atomic E-state index is 0.137. The second-order valence-electron chi connectivity index (χ2n) is 6.23. The van der Waals surface area contributed by atoms with Crippen LogP contribution in [-0.2, 0) is 4.74 Å². The minimum atomic E-state index is 0.137. The second-order valence-corrected chi connectivity index (χ2v) is 7.14. The molecule has 2 unspecified atom stereocenters. The molecule has 1 spiro atoms. The van der Waals surface area contributed by atoms with Gasteiger partial charge in [-0.25, -0.2) is 0 Å². The third-order valence-corrected chi connectivity index (χ3v) is 5.21. The molecule has 0 radical (unpaired) electrons. The molecule has 2 N–H and O–H groups in total. The molecule has 104 valence electrons. The van der Waals surface area contributed by atoms with E-state index in [1.807, 2.05) is 0 Å². The second kappa shape index (κ2) is 5.19. The Kier molecular flexibility index (Phi) is 3.71. The lowest BCUT2D eigenvalue weighted by Crippen LogP contribution is -2.47. The highest BCUT2D eigenvalue weighted by atomic mass is 79.9. The Balaban J connectivity index is 1.77. The summed E-state index contributed by atoms with van der Waals surface area (Å²) in [7, 11) is 0. The van der Waals surface area contributed by atoms with Crippen LogP contribution in [0.1, 0.15) is 49.3 Å². The fourth-order valence-electron chi connectivity index (χ4n) is 3.52. The summed E-state index contributed by atoms with van der Waals surface area (Å²) in [6.45, 7) is 3.00. The molecule has 2 fully saturated rings. The van der Waals surface area contributed by atoms with Gasteiger partial charge in [-0.05, 0) is 68.2 Å². The van der Waals surface area contributed by atoms with Crippen LogP contribution in [0.15, 0.2) is 22.7 Å². The monoisotopic (exact) mass is 323 g/mol. The maximum absolute atomic E-state index is 6.53. The van der Waals surface area contributed by atoms with Crippen LogP contribution in [0, 0.1) is 12.8 Å². The summed E-state index contributed by atoms with van der Waals surface area (Å²) in [6, 6.07) is 6.66. The zero-order valence-corrected chi connectivity index (χ0v) is 13.1. The normalized spacial score (nSPS) is 27.0. The molecule has 2 nitrogen and oxygen atoms in total. The van der Waals surface area contributed by atoms with Crippen molar-refractivity contribution in [2.45, 2.75) is 50.7 Å². The SMILES string of the molecule is Cc1cc(Br)cc(C(N)C2CCOC3(CCC3)C2)c1. The van der Waals surface area contributed by atoms with E-state index in [-0.39, 0.29) is 11.6 Å². The van der Waals surface area contributed by atoms with Gasteiger partial charge in [0.05, 0.1) is 5.60 Å². The zero-order chi connectivity index (χ0) is 13.5. The van der Waals surface area contributed by atoms with E-state index in [1.54, 1.807) is 0 Å². The van der Waals surface area contributed by atoms with Gasteiger partial charge in [-0.1, -0.05) is 22.0 Å². The molecule has 1 saturated heterocycles. The van der Waals surface area contributed by atoms with Gasteiger partial charge in [-0.3, -0.25) is 0 Å². The summed E-state index contributed by atoms with van der Waals surface area (Å²) in [5, 5.41) is 0. The highest BCUT2D eigenvalue weighted by molar-refractivity contribution is 9.10. The van der Waals surface area contributed by atoms with Gasteiger partial charge in [0.1, 0.15) is 0 Å². The number of nitrogens with two attached hydrogens (primary N) is 1. The maximum atomic E-state index is 6.53. The van der Waals surface area contributed by atoms with Crippen LogP contribution >= 0.6 is 15.9 Å². The van der Waals surface area contributed by atoms with E-state index in [9.17, 15) is 0 Å². The first-order valence-electron chi connectivity index (χ1n) is 7.25. The maximum Gasteiger partial charge on any atom is 0.0686 e. The Labute approximate surface area is 123 Å². The Hall–Kier alpha value is -0.380. The van der Waals surface area contributed by atoms with Gasteiger partial charge < -0.3 is 10.5 Å². The van der Waals surface area contributed by atoms with Crippen LogP contribution in [0.3, 0.4) is 0 Å². The van der Waals surface area contributed by atoms with Gasteiger partial charge in [-0.2, -0.15) is 0 Å². The summed E-state index contributed by atoms with van der Waals surface area (Å²) in [5.74, 6) is 0.558. The third-order valence-electron chi connectivity index (χ3n) is 4.75. The number of ether oxygens (including phenoxy) is 1. The molecule has 1 aliphatic carbocycles. The largest absolute Gasteiger partial charge is 0.375 e. The summed E-state index contributed by atoms with van der Waals surface area (Å²) < 4.78 is 7.13. The fraction of sp³-hybridized carbons (Fsp3) is 0.625. The lowest BCUT2D eigenvalue weighted by molar-refractivity contribution is -0.146. The molecule has 0 aromatic heterocycles. The fourth-order valence-corrected chi connectivity index (χ4v) is 4.15. The predicted octanol–water partition coefficient (Wildman–Crippen LogP) is 4.11. The van der Waals surface area contributed by atoms with E-state index in [1.165, 1.54) is 30.4 Å². The van der Waals surface area contributed by atoms with E-state index >= 15 is 0 Å². The average molecular weight is 324 g/mol. The minimum Gasteiger partial charge on any atom is -0.375 e. The predicted molar refractivity (Wildman–Crippen MR) is 81.1 cm³/mol. The van der Waals surface area contributed by atoms with Gasteiger partial charge in [0.15, 0.2) is 0 Å². The molecule has 3 rings (SSSR count). The first-order valence-corrected chi connectivity index (χ1v) is 8.04. The van der Waals surface area contributed by atoms with Crippen molar-refractivity contribution < 1.29 is 4.74 Å². The van der Waals surface area contributed by atoms with Crippen LogP contribution in [0.4, 0.5) is 0 Å². The lowest BCUT2D eigenvalue weighted by atomic mass is 9.70. The number of hydrogen-bond donors (Lipinski definition) is 1. The Morgan fingerprint density at radius 2 is 2.16 bits per heavy atom. The summed E-state index contributed by atoms with van der Waals surface area (Å²) in [4.78, 5) is 0. The van der Waals surface area contributed by atoms with Crippen molar-refractivity contribution in [3.63, 3.8) is 0 Å². The third kappa shape index (κ3) is 2.74. The van der Waals surface area contributed by atoms with Crippen molar-refractivity contribution in [2.75, 3.05) is 6.61 Å². The van der Waals surface area contributed by atoms with Crippen LogP contribution in [0.25, 0.3) is 0 Å². The molecule has 1 aromatic rings. The number of halogens is 1. The smallest absolute Gasteiger partial charge is 0.0686 e. The van der Waals surface area contributed by atoms with E-state index < -0.39 is 0 Å². The molecule has 1 saturated carbocycles. The highest BCUT2D eigenvalue weighted by Gasteiger charge is 2.43. The van der Waals surface area contributed by atoms with Crippen molar-refractivity contribution in [3.05, 3.63) is 33.8 Å². The quantitative estimate of drug-likeness (QED) is 0.889. The molecule has 2 atom stereocenters. The highest BCUT2D eigenvalue weighted by Crippen LogP contribution is 2.46. The van der Waals surface area contributed by atoms with E-state index in [4.69, 9.17) is 10.5 Å². The van der Waals surface area contributed by atoms with E-state index in [0.29, 0.717) is 5.92 Å². The van der Waals surface area contributed by atoms with Gasteiger partial charge in [0.25, 0.3) is 0 Å². The Bertz CT molecular complexity index is 450. The summed E-state index contributed by atoms with van der Waals surface area (Å²) in [5.41, 5.74) is 9.24. The average Bonchev–Trinajstić information content (AvgIpc) is 2.35. The van der Waals surface area contributed by atoms with Crippen LogP contribution in [0.2, 0.25) is 0 Å². The standard InChI is InChI=1S/C16H22BrNO/c1-11-7-13(9-14(17)8-11)15(18)12-3-6-19-16(10-12)4-2-5-16/h7-9,12,15H,2-6,10,18H2,1H3. The number of aryl methyl sites for hydroxylation is 1. The molecule has 1 aliphatic heterocycles. The van der Waals surface area contributed by atoms with Crippen LogP contribution in [0.5, 0.6) is 0 Å². The number of rotatable bonds is 2. The van der Waals surface area contributed by atoms with Crippen molar-refractivity contribution in [1.29, 1.82) is 0 Å². The van der Waals surface area contributed by atoms with Gasteiger partial charge >= 0.3 is 0 Å². The first-order chi connectivity index (χ1) is 9.08. The Morgan fingerprint density at radius 1 is 1.37 bits per heavy atom. The van der Waals surface area contributed by atoms with Crippen LogP contribution in [-0.4, -0.2) is 12.2 Å².